The van der Waals surface area contributed by atoms with Crippen molar-refractivity contribution in [3.63, 3.8) is 0 Å². The predicted molar refractivity (Wildman–Crippen MR) is 75.8 cm³/mol. The van der Waals surface area contributed by atoms with E-state index < -0.39 is 16.0 Å². The van der Waals surface area contributed by atoms with Gasteiger partial charge >= 0.3 is 5.97 Å². The van der Waals surface area contributed by atoms with Crippen molar-refractivity contribution in [2.75, 3.05) is 11.4 Å². The van der Waals surface area contributed by atoms with Crippen LogP contribution in [0, 0.1) is 6.92 Å². The van der Waals surface area contributed by atoms with E-state index in [4.69, 9.17) is 5.11 Å². The van der Waals surface area contributed by atoms with Crippen LogP contribution in [0.2, 0.25) is 0 Å². The Balaban J connectivity index is 2.57. The minimum Gasteiger partial charge on any atom is -0.477 e. The van der Waals surface area contributed by atoms with Gasteiger partial charge in [0.05, 0.1) is 0 Å². The van der Waals surface area contributed by atoms with E-state index in [-0.39, 0.29) is 15.6 Å². The fourth-order valence-electron chi connectivity index (χ4n) is 1.70. The Morgan fingerprint density at radius 2 is 2.10 bits per heavy atom. The number of carbonyl (C=O) groups is 1. The molecule has 0 saturated carbocycles. The van der Waals surface area contributed by atoms with Crippen LogP contribution >= 0.6 is 11.3 Å². The van der Waals surface area contributed by atoms with Gasteiger partial charge in [0.1, 0.15) is 15.6 Å². The van der Waals surface area contributed by atoms with Crippen molar-refractivity contribution in [2.24, 2.45) is 0 Å². The van der Waals surface area contributed by atoms with E-state index >= 15 is 0 Å². The fraction of sp³-hybridized carbons (Fsp3) is 0.167. The first-order valence-corrected chi connectivity index (χ1v) is 7.89. The summed E-state index contributed by atoms with van der Waals surface area (Å²) in [6.45, 7) is 1.57. The number of pyridine rings is 1. The molecule has 0 saturated heterocycles. The Hall–Kier alpha value is -1.93. The van der Waals surface area contributed by atoms with Crippen molar-refractivity contribution in [3.8, 4) is 0 Å². The van der Waals surface area contributed by atoms with Crippen molar-refractivity contribution < 1.29 is 18.3 Å². The number of hydrogen-bond acceptors (Lipinski definition) is 5. The molecule has 2 aromatic heterocycles. The summed E-state index contributed by atoms with van der Waals surface area (Å²) in [7, 11) is -2.61. The van der Waals surface area contributed by atoms with Crippen molar-refractivity contribution >= 4 is 33.1 Å². The van der Waals surface area contributed by atoms with Crippen LogP contribution < -0.4 is 4.31 Å². The van der Waals surface area contributed by atoms with Crippen LogP contribution in [0.4, 0.5) is 5.82 Å². The van der Waals surface area contributed by atoms with Gasteiger partial charge in [-0.25, -0.2) is 18.2 Å². The number of carboxylic acid groups (broad SMARTS) is 1. The van der Waals surface area contributed by atoms with E-state index in [0.29, 0.717) is 5.56 Å². The van der Waals surface area contributed by atoms with E-state index in [1.807, 2.05) is 0 Å². The van der Waals surface area contributed by atoms with E-state index in [1.54, 1.807) is 25.1 Å². The normalized spacial score (nSPS) is 11.3. The van der Waals surface area contributed by atoms with Crippen LogP contribution in [0.25, 0.3) is 0 Å². The molecule has 2 heterocycles. The van der Waals surface area contributed by atoms with E-state index in [9.17, 15) is 13.2 Å². The number of hydrogen-bond donors (Lipinski definition) is 1. The van der Waals surface area contributed by atoms with Gasteiger partial charge in [-0.3, -0.25) is 4.31 Å². The van der Waals surface area contributed by atoms with Gasteiger partial charge in [0, 0.05) is 13.2 Å². The lowest BCUT2D eigenvalue weighted by Gasteiger charge is -2.18. The van der Waals surface area contributed by atoms with E-state index in [1.165, 1.54) is 18.6 Å². The summed E-state index contributed by atoms with van der Waals surface area (Å²) in [6, 6.07) is 4.87. The highest BCUT2D eigenvalue weighted by atomic mass is 32.2. The molecule has 0 amide bonds. The van der Waals surface area contributed by atoms with E-state index in [2.05, 4.69) is 4.98 Å². The average Bonchev–Trinajstić information content (AvgIpc) is 2.81. The first-order chi connectivity index (χ1) is 9.35. The summed E-state index contributed by atoms with van der Waals surface area (Å²) in [5.74, 6) is -1.02. The van der Waals surface area contributed by atoms with E-state index in [0.717, 1.165) is 15.6 Å². The molecule has 1 N–H and O–H groups in total. The molecule has 0 atom stereocenters. The van der Waals surface area contributed by atoms with Crippen LogP contribution in [0.15, 0.2) is 34.7 Å². The Morgan fingerprint density at radius 1 is 1.40 bits per heavy atom. The molecule has 0 bridgehead atoms. The Bertz CT molecular complexity index is 738. The lowest BCUT2D eigenvalue weighted by molar-refractivity contribution is 0.0698. The highest BCUT2D eigenvalue weighted by Gasteiger charge is 2.31. The molecule has 106 valence electrons. The topological polar surface area (TPSA) is 87.6 Å². The van der Waals surface area contributed by atoms with Crippen LogP contribution in [0.3, 0.4) is 0 Å². The second kappa shape index (κ2) is 5.22. The zero-order chi connectivity index (χ0) is 14.9. The standard InChI is InChI=1S/C12H12N2O4S2/c1-8-7-19-10(12(15)16)11(8)20(17,18)14(2)9-5-3-4-6-13-9/h3-7H,1-2H3,(H,15,16). The lowest BCUT2D eigenvalue weighted by atomic mass is 10.3. The molecule has 2 aromatic rings. The third-order valence-electron chi connectivity index (χ3n) is 2.70. The molecule has 20 heavy (non-hydrogen) atoms. The predicted octanol–water partition coefficient (Wildman–Crippen LogP) is 1.97. The summed E-state index contributed by atoms with van der Waals surface area (Å²) in [6.07, 6.45) is 1.47. The third kappa shape index (κ3) is 2.39. The van der Waals surface area contributed by atoms with Gasteiger partial charge in [0.25, 0.3) is 10.0 Å². The molecule has 0 aromatic carbocycles. The van der Waals surface area contributed by atoms with Crippen molar-refractivity contribution in [2.45, 2.75) is 11.8 Å². The minimum atomic E-state index is -3.95. The number of sulfonamides is 1. The molecule has 0 aliphatic heterocycles. The monoisotopic (exact) mass is 312 g/mol. The quantitative estimate of drug-likeness (QED) is 0.932. The van der Waals surface area contributed by atoms with Crippen molar-refractivity contribution in [1.29, 1.82) is 0 Å². The molecule has 6 nitrogen and oxygen atoms in total. The minimum absolute atomic E-state index is 0.178. The molecule has 0 aliphatic rings. The maximum absolute atomic E-state index is 12.6. The Morgan fingerprint density at radius 3 is 2.65 bits per heavy atom. The van der Waals surface area contributed by atoms with Crippen LogP contribution in [0.1, 0.15) is 15.2 Å². The Kier molecular flexibility index (Phi) is 3.78. The van der Waals surface area contributed by atoms with Gasteiger partial charge in [-0.2, -0.15) is 0 Å². The highest BCUT2D eigenvalue weighted by Crippen LogP contribution is 2.30. The zero-order valence-electron chi connectivity index (χ0n) is 10.8. The van der Waals surface area contributed by atoms with Gasteiger partial charge in [-0.1, -0.05) is 6.07 Å². The first kappa shape index (κ1) is 14.5. The number of anilines is 1. The van der Waals surface area contributed by atoms with Crippen LogP contribution in [0.5, 0.6) is 0 Å². The SMILES string of the molecule is Cc1csc(C(=O)O)c1S(=O)(=O)N(C)c1ccccn1. The molecule has 2 rings (SSSR count). The van der Waals surface area contributed by atoms with Gasteiger partial charge < -0.3 is 5.11 Å². The summed E-state index contributed by atoms with van der Waals surface area (Å²) in [5.41, 5.74) is 0.412. The molecule has 8 heteroatoms. The fourth-order valence-corrected chi connectivity index (χ4v) is 4.43. The molecular formula is C12H12N2O4S2. The summed E-state index contributed by atoms with van der Waals surface area (Å²) in [4.78, 5) is 14.7. The molecule has 0 spiro atoms. The van der Waals surface area contributed by atoms with Gasteiger partial charge in [-0.15, -0.1) is 11.3 Å². The van der Waals surface area contributed by atoms with Crippen molar-refractivity contribution in [1.82, 2.24) is 4.98 Å². The number of aryl methyl sites for hydroxylation is 1. The number of aromatic nitrogens is 1. The third-order valence-corrected chi connectivity index (χ3v) is 5.87. The number of aromatic carboxylic acids is 1. The largest absolute Gasteiger partial charge is 0.477 e. The summed E-state index contributed by atoms with van der Waals surface area (Å²) >= 11 is 0.898. The summed E-state index contributed by atoms with van der Waals surface area (Å²) in [5, 5.41) is 10.6. The number of nitrogens with zero attached hydrogens (tertiary/aromatic N) is 2. The van der Waals surface area contributed by atoms with Gasteiger partial charge in [-0.05, 0) is 30.0 Å². The number of thiophene rings is 1. The number of rotatable bonds is 4. The second-order valence-corrected chi connectivity index (χ2v) is 6.83. The lowest BCUT2D eigenvalue weighted by Crippen LogP contribution is -2.28. The zero-order valence-corrected chi connectivity index (χ0v) is 12.4. The maximum Gasteiger partial charge on any atom is 0.347 e. The average molecular weight is 312 g/mol. The molecule has 0 fully saturated rings. The van der Waals surface area contributed by atoms with Crippen molar-refractivity contribution in [3.05, 3.63) is 40.2 Å². The molecular weight excluding hydrogens is 300 g/mol. The summed E-state index contributed by atoms with van der Waals surface area (Å²) < 4.78 is 26.1. The van der Waals surface area contributed by atoms with Crippen LogP contribution in [-0.2, 0) is 10.0 Å². The van der Waals surface area contributed by atoms with Gasteiger partial charge in [0.2, 0.25) is 0 Å². The van der Waals surface area contributed by atoms with Crippen LogP contribution in [-0.4, -0.2) is 31.5 Å². The highest BCUT2D eigenvalue weighted by molar-refractivity contribution is 7.93. The molecule has 0 aliphatic carbocycles. The molecule has 0 radical (unpaired) electrons. The molecule has 0 unspecified atom stereocenters. The smallest absolute Gasteiger partial charge is 0.347 e. The van der Waals surface area contributed by atoms with Gasteiger partial charge in [0.15, 0.2) is 0 Å². The second-order valence-electron chi connectivity index (χ2n) is 4.04. The Labute approximate surface area is 120 Å². The maximum atomic E-state index is 12.6. The first-order valence-electron chi connectivity index (χ1n) is 5.57. The number of carboxylic acids is 1.